The molecule has 2 heterocycles. The smallest absolute Gasteiger partial charge is 0.225 e. The SMILES string of the molecule is COc1ccc(-n2nnn(C[NH+](C)Cc3ccccc3N3CCCC3)c2=S)cc1. The van der Waals surface area contributed by atoms with Crippen LogP contribution in [0.2, 0.25) is 0 Å². The number of aromatic nitrogens is 4. The van der Waals surface area contributed by atoms with E-state index in [-0.39, 0.29) is 0 Å². The maximum Gasteiger partial charge on any atom is 0.225 e. The number of methoxy groups -OCH3 is 1. The molecule has 1 aliphatic rings. The van der Waals surface area contributed by atoms with Gasteiger partial charge in [0.1, 0.15) is 12.3 Å². The second-order valence-corrected chi connectivity index (χ2v) is 7.85. The van der Waals surface area contributed by atoms with Gasteiger partial charge in [0, 0.05) is 24.3 Å². The lowest BCUT2D eigenvalue weighted by atomic mass is 10.1. The number of anilines is 1. The third-order valence-corrected chi connectivity index (χ3v) is 5.69. The van der Waals surface area contributed by atoms with Gasteiger partial charge in [-0.1, -0.05) is 18.2 Å². The van der Waals surface area contributed by atoms with Gasteiger partial charge in [0.25, 0.3) is 0 Å². The summed E-state index contributed by atoms with van der Waals surface area (Å²) in [7, 11) is 3.81. The summed E-state index contributed by atoms with van der Waals surface area (Å²) in [6, 6.07) is 16.3. The van der Waals surface area contributed by atoms with Crippen LogP contribution in [0.3, 0.4) is 0 Å². The fraction of sp³-hybridized carbons (Fsp3) is 0.381. The van der Waals surface area contributed by atoms with Gasteiger partial charge in [-0.2, -0.15) is 9.36 Å². The lowest BCUT2D eigenvalue weighted by Gasteiger charge is -2.22. The molecule has 152 valence electrons. The summed E-state index contributed by atoms with van der Waals surface area (Å²) in [5, 5.41) is 8.52. The van der Waals surface area contributed by atoms with Crippen molar-refractivity contribution in [2.45, 2.75) is 26.1 Å². The first-order valence-electron chi connectivity index (χ1n) is 9.97. The maximum absolute atomic E-state index is 5.61. The van der Waals surface area contributed by atoms with E-state index in [1.165, 1.54) is 29.0 Å². The topological polar surface area (TPSA) is 52.5 Å². The van der Waals surface area contributed by atoms with Crippen LogP contribution in [-0.4, -0.2) is 47.0 Å². The monoisotopic (exact) mass is 411 g/mol. The molecule has 1 N–H and O–H groups in total. The molecule has 7 nitrogen and oxygen atoms in total. The minimum absolute atomic E-state index is 0.586. The standard InChI is InChI=1S/C21H26N6OS/c1-24(15-17-7-3-4-8-20(17)25-13-5-6-14-25)16-26-21(29)27(23-22-26)18-9-11-19(28-2)12-10-18/h3-4,7-12H,5-6,13-16H2,1-2H3/p+1. The Labute approximate surface area is 176 Å². The van der Waals surface area contributed by atoms with Gasteiger partial charge in [0.15, 0.2) is 6.67 Å². The van der Waals surface area contributed by atoms with E-state index < -0.39 is 0 Å². The number of quaternary nitrogens is 1. The number of nitrogens with zero attached hydrogens (tertiary/aromatic N) is 5. The van der Waals surface area contributed by atoms with Crippen LogP contribution in [0, 0.1) is 4.77 Å². The first-order valence-corrected chi connectivity index (χ1v) is 10.4. The van der Waals surface area contributed by atoms with Gasteiger partial charge in [0.2, 0.25) is 4.77 Å². The second-order valence-electron chi connectivity index (χ2n) is 7.49. The van der Waals surface area contributed by atoms with Crippen LogP contribution in [0.4, 0.5) is 5.69 Å². The molecule has 1 fully saturated rings. The Kier molecular flexibility index (Phi) is 5.92. The zero-order chi connectivity index (χ0) is 20.2. The summed E-state index contributed by atoms with van der Waals surface area (Å²) >= 11 is 5.61. The lowest BCUT2D eigenvalue weighted by Crippen LogP contribution is -3.07. The van der Waals surface area contributed by atoms with Gasteiger partial charge in [-0.25, -0.2) is 0 Å². The van der Waals surface area contributed by atoms with Gasteiger partial charge in [0.05, 0.1) is 19.8 Å². The van der Waals surface area contributed by atoms with Crippen LogP contribution in [-0.2, 0) is 13.2 Å². The highest BCUT2D eigenvalue weighted by atomic mass is 32.1. The van der Waals surface area contributed by atoms with Crippen LogP contribution < -0.4 is 14.5 Å². The van der Waals surface area contributed by atoms with E-state index in [0.717, 1.165) is 31.1 Å². The fourth-order valence-corrected chi connectivity index (χ4v) is 4.07. The Morgan fingerprint density at radius 3 is 2.48 bits per heavy atom. The molecule has 29 heavy (non-hydrogen) atoms. The normalized spacial score (nSPS) is 14.9. The van der Waals surface area contributed by atoms with Crippen molar-refractivity contribution in [3.63, 3.8) is 0 Å². The van der Waals surface area contributed by atoms with Crippen LogP contribution in [0.15, 0.2) is 48.5 Å². The van der Waals surface area contributed by atoms with E-state index in [2.05, 4.69) is 46.6 Å². The average molecular weight is 412 g/mol. The lowest BCUT2D eigenvalue weighted by molar-refractivity contribution is -0.917. The summed E-state index contributed by atoms with van der Waals surface area (Å²) < 4.78 is 9.26. The molecule has 4 rings (SSSR count). The highest BCUT2D eigenvalue weighted by Gasteiger charge is 2.18. The van der Waals surface area contributed by atoms with E-state index in [1.807, 2.05) is 24.3 Å². The Morgan fingerprint density at radius 1 is 1.03 bits per heavy atom. The summed E-state index contributed by atoms with van der Waals surface area (Å²) in [6.07, 6.45) is 2.56. The average Bonchev–Trinajstić information content (AvgIpc) is 3.39. The number of benzene rings is 2. The van der Waals surface area contributed by atoms with Crippen molar-refractivity contribution < 1.29 is 9.64 Å². The number of nitrogens with one attached hydrogen (secondary N) is 1. The van der Waals surface area contributed by atoms with E-state index in [0.29, 0.717) is 11.4 Å². The Bertz CT molecular complexity index is 1010. The Hall–Kier alpha value is -2.71. The van der Waals surface area contributed by atoms with E-state index in [9.17, 15) is 0 Å². The zero-order valence-corrected chi connectivity index (χ0v) is 17.7. The van der Waals surface area contributed by atoms with Crippen molar-refractivity contribution in [2.24, 2.45) is 0 Å². The van der Waals surface area contributed by atoms with E-state index in [4.69, 9.17) is 17.0 Å². The van der Waals surface area contributed by atoms with Crippen molar-refractivity contribution >= 4 is 17.9 Å². The molecule has 0 bridgehead atoms. The van der Waals surface area contributed by atoms with Crippen molar-refractivity contribution in [1.29, 1.82) is 0 Å². The van der Waals surface area contributed by atoms with Crippen molar-refractivity contribution in [2.75, 3.05) is 32.1 Å². The van der Waals surface area contributed by atoms with Crippen molar-refractivity contribution in [3.05, 3.63) is 58.9 Å². The minimum Gasteiger partial charge on any atom is -0.497 e. The van der Waals surface area contributed by atoms with Crippen LogP contribution >= 0.6 is 12.2 Å². The Morgan fingerprint density at radius 2 is 1.76 bits per heavy atom. The third-order valence-electron chi connectivity index (χ3n) is 5.31. The molecular weight excluding hydrogens is 384 g/mol. The molecule has 2 aromatic carbocycles. The first kappa shape index (κ1) is 19.6. The van der Waals surface area contributed by atoms with Crippen molar-refractivity contribution in [1.82, 2.24) is 19.8 Å². The predicted octanol–water partition coefficient (Wildman–Crippen LogP) is 2.08. The highest BCUT2D eigenvalue weighted by Crippen LogP contribution is 2.23. The molecule has 0 radical (unpaired) electrons. The predicted molar refractivity (Wildman–Crippen MR) is 115 cm³/mol. The minimum atomic E-state index is 0.586. The van der Waals surface area contributed by atoms with Crippen molar-refractivity contribution in [3.8, 4) is 11.4 Å². The molecule has 3 aromatic rings. The molecule has 1 aromatic heterocycles. The molecular formula is C21H27N6OS+. The number of hydrogen-bond acceptors (Lipinski definition) is 5. The number of rotatable bonds is 7. The van der Waals surface area contributed by atoms with Gasteiger partial charge >= 0.3 is 0 Å². The highest BCUT2D eigenvalue weighted by molar-refractivity contribution is 7.71. The zero-order valence-electron chi connectivity index (χ0n) is 16.9. The second kappa shape index (κ2) is 8.75. The molecule has 8 heteroatoms. The largest absolute Gasteiger partial charge is 0.497 e. The van der Waals surface area contributed by atoms with Gasteiger partial charge in [-0.15, -0.1) is 0 Å². The molecule has 1 unspecified atom stereocenters. The summed E-state index contributed by atoms with van der Waals surface area (Å²) in [5.74, 6) is 0.800. The molecule has 0 amide bonds. The number of tetrazole rings is 1. The third kappa shape index (κ3) is 4.33. The molecule has 0 saturated carbocycles. The Balaban J connectivity index is 1.47. The molecule has 1 atom stereocenters. The summed E-state index contributed by atoms with van der Waals surface area (Å²) in [4.78, 5) is 3.79. The van der Waals surface area contributed by atoms with E-state index >= 15 is 0 Å². The van der Waals surface area contributed by atoms with Crippen LogP contribution in [0.5, 0.6) is 5.75 Å². The van der Waals surface area contributed by atoms with Gasteiger partial charge in [-0.05, 0) is 65.8 Å². The van der Waals surface area contributed by atoms with E-state index in [1.54, 1.807) is 16.5 Å². The molecule has 1 aliphatic heterocycles. The van der Waals surface area contributed by atoms with Crippen LogP contribution in [0.25, 0.3) is 5.69 Å². The summed E-state index contributed by atoms with van der Waals surface area (Å²) in [5.41, 5.74) is 3.59. The molecule has 1 saturated heterocycles. The number of ether oxygens (including phenoxy) is 1. The summed E-state index contributed by atoms with van der Waals surface area (Å²) in [6.45, 7) is 3.86. The maximum atomic E-state index is 5.61. The number of para-hydroxylation sites is 1. The van der Waals surface area contributed by atoms with Gasteiger partial charge < -0.3 is 14.5 Å². The number of hydrogen-bond donors (Lipinski definition) is 1. The molecule has 0 spiro atoms. The first-order chi connectivity index (χ1) is 14.2. The van der Waals surface area contributed by atoms with Gasteiger partial charge in [-0.3, -0.25) is 0 Å². The quantitative estimate of drug-likeness (QED) is 0.604. The van der Waals surface area contributed by atoms with Crippen LogP contribution in [0.1, 0.15) is 18.4 Å². The fourth-order valence-electron chi connectivity index (χ4n) is 3.82. The molecule has 0 aliphatic carbocycles.